The summed E-state index contributed by atoms with van der Waals surface area (Å²) < 4.78 is 1.04. The van der Waals surface area contributed by atoms with E-state index in [1.54, 1.807) is 0 Å². The van der Waals surface area contributed by atoms with Crippen LogP contribution in [0.25, 0.3) is 11.0 Å². The summed E-state index contributed by atoms with van der Waals surface area (Å²) >= 11 is 3.47. The zero-order valence-electron chi connectivity index (χ0n) is 10.3. The molecule has 1 atom stereocenters. The van der Waals surface area contributed by atoms with Crippen LogP contribution in [0.4, 0.5) is 0 Å². The maximum atomic E-state index is 5.92. The Kier molecular flexibility index (Phi) is 3.36. The van der Waals surface area contributed by atoms with Crippen molar-refractivity contribution < 1.29 is 0 Å². The standard InChI is InChI=1S/C15H14BrN3/c16-11-6-7-13-14(8-11)19-15(18-13)12(9-17)10-4-2-1-3-5-10/h1-8,12H,9,17H2,(H,18,19). The summed E-state index contributed by atoms with van der Waals surface area (Å²) in [7, 11) is 0. The monoisotopic (exact) mass is 315 g/mol. The fourth-order valence-electron chi connectivity index (χ4n) is 2.26. The van der Waals surface area contributed by atoms with Gasteiger partial charge in [-0.15, -0.1) is 0 Å². The van der Waals surface area contributed by atoms with Crippen LogP contribution in [0.3, 0.4) is 0 Å². The van der Waals surface area contributed by atoms with Gasteiger partial charge in [-0.05, 0) is 23.8 Å². The molecule has 0 bridgehead atoms. The number of aromatic amines is 1. The van der Waals surface area contributed by atoms with Crippen molar-refractivity contribution in [3.63, 3.8) is 0 Å². The summed E-state index contributed by atoms with van der Waals surface area (Å²) in [5.74, 6) is 1.02. The predicted octanol–water partition coefficient (Wildman–Crippen LogP) is 3.42. The summed E-state index contributed by atoms with van der Waals surface area (Å²) in [5, 5.41) is 0. The van der Waals surface area contributed by atoms with E-state index in [1.807, 2.05) is 36.4 Å². The number of benzene rings is 2. The fraction of sp³-hybridized carbons (Fsp3) is 0.133. The molecule has 0 spiro atoms. The molecule has 3 nitrogen and oxygen atoms in total. The van der Waals surface area contributed by atoms with Crippen LogP contribution >= 0.6 is 15.9 Å². The molecule has 3 rings (SSSR count). The third-order valence-corrected chi connectivity index (χ3v) is 3.72. The highest BCUT2D eigenvalue weighted by molar-refractivity contribution is 9.10. The quantitative estimate of drug-likeness (QED) is 0.778. The zero-order chi connectivity index (χ0) is 13.2. The van der Waals surface area contributed by atoms with Gasteiger partial charge in [0.15, 0.2) is 0 Å². The number of nitrogens with zero attached hydrogens (tertiary/aromatic N) is 1. The first kappa shape index (κ1) is 12.4. The highest BCUT2D eigenvalue weighted by Crippen LogP contribution is 2.25. The lowest BCUT2D eigenvalue weighted by Gasteiger charge is -2.11. The van der Waals surface area contributed by atoms with Crippen molar-refractivity contribution in [2.45, 2.75) is 5.92 Å². The summed E-state index contributed by atoms with van der Waals surface area (Å²) in [4.78, 5) is 8.01. The van der Waals surface area contributed by atoms with E-state index < -0.39 is 0 Å². The number of H-pyrrole nitrogens is 1. The molecule has 1 unspecified atom stereocenters. The van der Waals surface area contributed by atoms with Crippen molar-refractivity contribution in [1.29, 1.82) is 0 Å². The third kappa shape index (κ3) is 2.41. The van der Waals surface area contributed by atoms with E-state index in [1.165, 1.54) is 5.56 Å². The lowest BCUT2D eigenvalue weighted by molar-refractivity contribution is 0.769. The molecule has 1 heterocycles. The average Bonchev–Trinajstić information content (AvgIpc) is 2.83. The summed E-state index contributed by atoms with van der Waals surface area (Å²) in [5.41, 5.74) is 9.09. The largest absolute Gasteiger partial charge is 0.341 e. The Bertz CT molecular complexity index is 691. The Morgan fingerprint density at radius 3 is 2.68 bits per heavy atom. The number of nitrogens with two attached hydrogens (primary N) is 1. The highest BCUT2D eigenvalue weighted by atomic mass is 79.9. The van der Waals surface area contributed by atoms with E-state index in [4.69, 9.17) is 5.73 Å². The Morgan fingerprint density at radius 1 is 1.16 bits per heavy atom. The molecule has 0 amide bonds. The molecule has 1 aromatic heterocycles. The number of halogens is 1. The second-order valence-corrected chi connectivity index (χ2v) is 5.40. The van der Waals surface area contributed by atoms with Crippen LogP contribution in [0.1, 0.15) is 17.3 Å². The minimum atomic E-state index is 0.104. The SMILES string of the molecule is NCC(c1ccccc1)c1nc2ccc(Br)cc2[nH]1. The average molecular weight is 316 g/mol. The van der Waals surface area contributed by atoms with Gasteiger partial charge in [-0.2, -0.15) is 0 Å². The molecular formula is C15H14BrN3. The topological polar surface area (TPSA) is 54.7 Å². The van der Waals surface area contributed by atoms with Crippen LogP contribution in [0.15, 0.2) is 53.0 Å². The lowest BCUT2D eigenvalue weighted by atomic mass is 9.99. The molecule has 96 valence electrons. The second kappa shape index (κ2) is 5.15. The van der Waals surface area contributed by atoms with E-state index in [9.17, 15) is 0 Å². The first-order chi connectivity index (χ1) is 9.28. The van der Waals surface area contributed by atoms with Crippen molar-refractivity contribution in [3.8, 4) is 0 Å². The third-order valence-electron chi connectivity index (χ3n) is 3.23. The summed E-state index contributed by atoms with van der Waals surface area (Å²) in [6.45, 7) is 0.533. The van der Waals surface area contributed by atoms with Gasteiger partial charge in [-0.25, -0.2) is 4.98 Å². The van der Waals surface area contributed by atoms with Crippen molar-refractivity contribution >= 4 is 27.0 Å². The molecule has 0 aliphatic carbocycles. The van der Waals surface area contributed by atoms with Gasteiger partial charge >= 0.3 is 0 Å². The van der Waals surface area contributed by atoms with E-state index in [0.717, 1.165) is 21.3 Å². The second-order valence-electron chi connectivity index (χ2n) is 4.48. The number of rotatable bonds is 3. The normalized spacial score (nSPS) is 12.7. The zero-order valence-corrected chi connectivity index (χ0v) is 11.9. The van der Waals surface area contributed by atoms with Gasteiger partial charge in [0.1, 0.15) is 5.82 Å². The van der Waals surface area contributed by atoms with E-state index in [0.29, 0.717) is 6.54 Å². The summed E-state index contributed by atoms with van der Waals surface area (Å²) in [6, 6.07) is 16.2. The Balaban J connectivity index is 2.07. The maximum Gasteiger partial charge on any atom is 0.116 e. The molecule has 3 N–H and O–H groups in total. The van der Waals surface area contributed by atoms with Crippen LogP contribution in [-0.4, -0.2) is 16.5 Å². The van der Waals surface area contributed by atoms with Gasteiger partial charge in [0.05, 0.1) is 17.0 Å². The molecule has 3 aromatic rings. The van der Waals surface area contributed by atoms with Gasteiger partial charge in [0, 0.05) is 11.0 Å². The van der Waals surface area contributed by atoms with E-state index in [2.05, 4.69) is 38.0 Å². The molecule has 4 heteroatoms. The molecule has 2 aromatic carbocycles. The van der Waals surface area contributed by atoms with Gasteiger partial charge in [-0.1, -0.05) is 46.3 Å². The molecule has 19 heavy (non-hydrogen) atoms. The van der Waals surface area contributed by atoms with Crippen LogP contribution in [-0.2, 0) is 0 Å². The number of fused-ring (bicyclic) bond motifs is 1. The molecule has 0 fully saturated rings. The van der Waals surface area contributed by atoms with Crippen LogP contribution in [0.5, 0.6) is 0 Å². The first-order valence-electron chi connectivity index (χ1n) is 6.18. The lowest BCUT2D eigenvalue weighted by Crippen LogP contribution is -2.15. The van der Waals surface area contributed by atoms with Crippen molar-refractivity contribution in [2.75, 3.05) is 6.54 Å². The molecule has 0 aliphatic heterocycles. The van der Waals surface area contributed by atoms with Crippen LogP contribution < -0.4 is 5.73 Å². The Labute approximate surface area is 120 Å². The maximum absolute atomic E-state index is 5.92. The summed E-state index contributed by atoms with van der Waals surface area (Å²) in [6.07, 6.45) is 0. The first-order valence-corrected chi connectivity index (χ1v) is 6.97. The number of aromatic nitrogens is 2. The number of hydrogen-bond donors (Lipinski definition) is 2. The predicted molar refractivity (Wildman–Crippen MR) is 81.1 cm³/mol. The smallest absolute Gasteiger partial charge is 0.116 e. The number of hydrogen-bond acceptors (Lipinski definition) is 2. The van der Waals surface area contributed by atoms with E-state index >= 15 is 0 Å². The fourth-order valence-corrected chi connectivity index (χ4v) is 2.62. The molecular weight excluding hydrogens is 302 g/mol. The van der Waals surface area contributed by atoms with Gasteiger partial charge in [-0.3, -0.25) is 0 Å². The van der Waals surface area contributed by atoms with Crippen LogP contribution in [0, 0.1) is 0 Å². The van der Waals surface area contributed by atoms with Crippen molar-refractivity contribution in [3.05, 3.63) is 64.4 Å². The van der Waals surface area contributed by atoms with Crippen LogP contribution in [0.2, 0.25) is 0 Å². The number of nitrogens with one attached hydrogen (secondary N) is 1. The van der Waals surface area contributed by atoms with Gasteiger partial charge in [0.25, 0.3) is 0 Å². The molecule has 0 saturated heterocycles. The van der Waals surface area contributed by atoms with E-state index in [-0.39, 0.29) is 5.92 Å². The minimum absolute atomic E-state index is 0.104. The van der Waals surface area contributed by atoms with Gasteiger partial charge in [0.2, 0.25) is 0 Å². The Hall–Kier alpha value is -1.65. The number of imidazole rings is 1. The molecule has 0 saturated carbocycles. The molecule has 0 aliphatic rings. The van der Waals surface area contributed by atoms with Crippen molar-refractivity contribution in [1.82, 2.24) is 9.97 Å². The minimum Gasteiger partial charge on any atom is -0.341 e. The van der Waals surface area contributed by atoms with Gasteiger partial charge < -0.3 is 10.7 Å². The molecule has 0 radical (unpaired) electrons. The highest BCUT2D eigenvalue weighted by Gasteiger charge is 2.16. The van der Waals surface area contributed by atoms with Crippen molar-refractivity contribution in [2.24, 2.45) is 5.73 Å². The Morgan fingerprint density at radius 2 is 1.95 bits per heavy atom.